The largest absolute Gasteiger partial charge is 0.508 e. The van der Waals surface area contributed by atoms with Gasteiger partial charge < -0.3 is 9.84 Å². The standard InChI is InChI=1S/C28H18Cl2N2O5/c29-23-13-16(12-22-26(34)31-28(36)32(27(22)35)19-8-10-20(33)11-9-19)14-24(30)25(23)37-15-18-6-3-5-17-4-1-2-7-21(17)18/h1-14,33H,15H2,(H,31,34,36)/b22-12+. The quantitative estimate of drug-likeness (QED) is 0.239. The van der Waals surface area contributed by atoms with Crippen LogP contribution in [0.15, 0.2) is 84.4 Å². The number of urea groups is 1. The monoisotopic (exact) mass is 532 g/mol. The number of phenols is 1. The van der Waals surface area contributed by atoms with E-state index in [1.165, 1.54) is 42.5 Å². The summed E-state index contributed by atoms with van der Waals surface area (Å²) in [6.07, 6.45) is 1.30. The zero-order chi connectivity index (χ0) is 26.1. The Hall–Kier alpha value is -4.33. The van der Waals surface area contributed by atoms with Gasteiger partial charge in [-0.25, -0.2) is 9.69 Å². The number of rotatable bonds is 5. The van der Waals surface area contributed by atoms with Crippen molar-refractivity contribution in [3.63, 3.8) is 0 Å². The van der Waals surface area contributed by atoms with Crippen molar-refractivity contribution in [2.75, 3.05) is 4.90 Å². The first-order valence-electron chi connectivity index (χ1n) is 11.1. The molecule has 4 amide bonds. The number of nitrogens with one attached hydrogen (secondary N) is 1. The number of benzene rings is 4. The van der Waals surface area contributed by atoms with Crippen LogP contribution in [0, 0.1) is 0 Å². The summed E-state index contributed by atoms with van der Waals surface area (Å²) >= 11 is 12.9. The fraction of sp³-hybridized carbons (Fsp3) is 0.0357. The van der Waals surface area contributed by atoms with Crippen LogP contribution in [0.4, 0.5) is 10.5 Å². The number of nitrogens with zero attached hydrogens (tertiary/aromatic N) is 1. The Bertz CT molecular complexity index is 1570. The molecule has 1 fully saturated rings. The summed E-state index contributed by atoms with van der Waals surface area (Å²) in [6, 6.07) is 21.4. The number of aromatic hydroxyl groups is 1. The van der Waals surface area contributed by atoms with Crippen LogP contribution < -0.4 is 15.0 Å². The highest BCUT2D eigenvalue weighted by atomic mass is 35.5. The van der Waals surface area contributed by atoms with Gasteiger partial charge in [-0.05, 0) is 64.4 Å². The number of hydrogen-bond donors (Lipinski definition) is 2. The minimum absolute atomic E-state index is 0.0347. The van der Waals surface area contributed by atoms with E-state index in [-0.39, 0.29) is 39.4 Å². The van der Waals surface area contributed by atoms with Crippen LogP contribution in [0.1, 0.15) is 11.1 Å². The molecule has 0 aromatic heterocycles. The van der Waals surface area contributed by atoms with Crippen molar-refractivity contribution in [1.82, 2.24) is 5.32 Å². The third kappa shape index (κ3) is 4.87. The first kappa shape index (κ1) is 24.4. The van der Waals surface area contributed by atoms with Gasteiger partial charge in [-0.3, -0.25) is 14.9 Å². The summed E-state index contributed by atoms with van der Waals surface area (Å²) in [7, 11) is 0. The number of barbiturate groups is 1. The second-order valence-electron chi connectivity index (χ2n) is 8.21. The molecule has 1 saturated heterocycles. The average Bonchev–Trinajstić information content (AvgIpc) is 2.87. The minimum atomic E-state index is -0.897. The maximum atomic E-state index is 13.1. The van der Waals surface area contributed by atoms with E-state index in [0.717, 1.165) is 21.2 Å². The molecule has 0 bridgehead atoms. The van der Waals surface area contributed by atoms with Gasteiger partial charge in [0.15, 0.2) is 5.75 Å². The fourth-order valence-corrected chi connectivity index (χ4v) is 4.64. The zero-order valence-electron chi connectivity index (χ0n) is 19.1. The first-order chi connectivity index (χ1) is 17.8. The molecule has 0 atom stereocenters. The molecule has 2 N–H and O–H groups in total. The van der Waals surface area contributed by atoms with Crippen LogP contribution in [0.25, 0.3) is 16.8 Å². The Morgan fingerprint density at radius 1 is 0.892 bits per heavy atom. The lowest BCUT2D eigenvalue weighted by Gasteiger charge is -2.26. The lowest BCUT2D eigenvalue weighted by atomic mass is 10.1. The van der Waals surface area contributed by atoms with Crippen LogP contribution in [-0.4, -0.2) is 23.0 Å². The maximum absolute atomic E-state index is 13.1. The number of hydrogen-bond acceptors (Lipinski definition) is 5. The number of anilines is 1. The van der Waals surface area contributed by atoms with Crippen LogP contribution in [0.2, 0.25) is 10.0 Å². The van der Waals surface area contributed by atoms with Gasteiger partial charge in [-0.1, -0.05) is 65.7 Å². The molecule has 4 aromatic rings. The molecule has 184 valence electrons. The second-order valence-corrected chi connectivity index (χ2v) is 9.03. The highest BCUT2D eigenvalue weighted by Crippen LogP contribution is 2.36. The van der Waals surface area contributed by atoms with Crippen molar-refractivity contribution in [2.45, 2.75) is 6.61 Å². The number of fused-ring (bicyclic) bond motifs is 1. The van der Waals surface area contributed by atoms with Crippen LogP contribution in [0.3, 0.4) is 0 Å². The molecule has 4 aromatic carbocycles. The molecule has 9 heteroatoms. The topological polar surface area (TPSA) is 95.9 Å². The first-order valence-corrected chi connectivity index (χ1v) is 11.9. The molecule has 0 saturated carbocycles. The third-order valence-corrected chi connectivity index (χ3v) is 6.35. The predicted octanol–water partition coefficient (Wildman–Crippen LogP) is 6.10. The van der Waals surface area contributed by atoms with Gasteiger partial charge in [0.1, 0.15) is 17.9 Å². The second kappa shape index (κ2) is 9.97. The number of phenolic OH excluding ortho intramolecular Hbond substituents is 1. The highest BCUT2D eigenvalue weighted by Gasteiger charge is 2.36. The lowest BCUT2D eigenvalue weighted by molar-refractivity contribution is -0.122. The fourth-order valence-electron chi connectivity index (χ4n) is 4.03. The Kier molecular flexibility index (Phi) is 6.56. The molecule has 37 heavy (non-hydrogen) atoms. The van der Waals surface area contributed by atoms with Gasteiger partial charge in [0.2, 0.25) is 0 Å². The summed E-state index contributed by atoms with van der Waals surface area (Å²) in [6.45, 7) is 0.228. The normalized spacial score (nSPS) is 14.8. The molecule has 7 nitrogen and oxygen atoms in total. The van der Waals surface area contributed by atoms with Crippen molar-refractivity contribution in [2.24, 2.45) is 0 Å². The van der Waals surface area contributed by atoms with E-state index >= 15 is 0 Å². The smallest absolute Gasteiger partial charge is 0.335 e. The zero-order valence-corrected chi connectivity index (χ0v) is 20.6. The predicted molar refractivity (Wildman–Crippen MR) is 142 cm³/mol. The molecule has 5 rings (SSSR count). The van der Waals surface area contributed by atoms with Gasteiger partial charge >= 0.3 is 6.03 Å². The minimum Gasteiger partial charge on any atom is -0.508 e. The van der Waals surface area contributed by atoms with E-state index in [1.807, 2.05) is 42.5 Å². The van der Waals surface area contributed by atoms with Crippen LogP contribution in [0.5, 0.6) is 11.5 Å². The van der Waals surface area contributed by atoms with E-state index < -0.39 is 17.8 Å². The van der Waals surface area contributed by atoms with E-state index in [1.54, 1.807) is 0 Å². The SMILES string of the molecule is O=C1NC(=O)N(c2ccc(O)cc2)C(=O)/C1=C/c1cc(Cl)c(OCc2cccc3ccccc23)c(Cl)c1. The summed E-state index contributed by atoms with van der Waals surface area (Å²) in [4.78, 5) is 38.7. The highest BCUT2D eigenvalue weighted by molar-refractivity contribution is 6.40. The number of ether oxygens (including phenoxy) is 1. The molecule has 1 aliphatic heterocycles. The van der Waals surface area contributed by atoms with Crippen molar-refractivity contribution < 1.29 is 24.2 Å². The van der Waals surface area contributed by atoms with Crippen LogP contribution >= 0.6 is 23.2 Å². The number of carbonyl (C=O) groups excluding carboxylic acids is 3. The van der Waals surface area contributed by atoms with Crippen LogP contribution in [-0.2, 0) is 16.2 Å². The van der Waals surface area contributed by atoms with E-state index in [0.29, 0.717) is 5.56 Å². The number of amides is 4. The summed E-state index contributed by atoms with van der Waals surface area (Å²) in [5.74, 6) is -1.46. The maximum Gasteiger partial charge on any atom is 0.335 e. The van der Waals surface area contributed by atoms with Gasteiger partial charge in [0, 0.05) is 0 Å². The molecule has 0 radical (unpaired) electrons. The molecule has 0 aliphatic carbocycles. The molecule has 1 heterocycles. The summed E-state index contributed by atoms with van der Waals surface area (Å²) in [5.41, 5.74) is 1.22. The Morgan fingerprint density at radius 2 is 1.57 bits per heavy atom. The summed E-state index contributed by atoms with van der Waals surface area (Å²) in [5, 5.41) is 14.1. The van der Waals surface area contributed by atoms with E-state index in [9.17, 15) is 19.5 Å². The molecule has 0 spiro atoms. The van der Waals surface area contributed by atoms with Crippen molar-refractivity contribution >= 4 is 63.6 Å². The van der Waals surface area contributed by atoms with Crippen molar-refractivity contribution in [1.29, 1.82) is 0 Å². The molecular formula is C28H18Cl2N2O5. The summed E-state index contributed by atoms with van der Waals surface area (Å²) < 4.78 is 5.94. The van der Waals surface area contributed by atoms with Gasteiger partial charge in [0.25, 0.3) is 11.8 Å². The average molecular weight is 533 g/mol. The van der Waals surface area contributed by atoms with Crippen molar-refractivity contribution in [3.8, 4) is 11.5 Å². The Morgan fingerprint density at radius 3 is 2.30 bits per heavy atom. The van der Waals surface area contributed by atoms with Crippen molar-refractivity contribution in [3.05, 3.63) is 106 Å². The van der Waals surface area contributed by atoms with E-state index in [2.05, 4.69) is 5.32 Å². The lowest BCUT2D eigenvalue weighted by Crippen LogP contribution is -2.54. The molecule has 0 unspecified atom stereocenters. The number of carbonyl (C=O) groups is 3. The van der Waals surface area contributed by atoms with Gasteiger partial charge in [-0.15, -0.1) is 0 Å². The Labute approximate surface area is 221 Å². The molecule has 1 aliphatic rings. The Balaban J connectivity index is 1.41. The third-order valence-electron chi connectivity index (χ3n) is 5.79. The van der Waals surface area contributed by atoms with E-state index in [4.69, 9.17) is 27.9 Å². The number of imide groups is 2. The number of halogens is 2. The molecular weight excluding hydrogens is 515 g/mol. The van der Waals surface area contributed by atoms with Gasteiger partial charge in [0.05, 0.1) is 15.7 Å². The van der Waals surface area contributed by atoms with Gasteiger partial charge in [-0.2, -0.15) is 0 Å².